The molecule has 0 unspecified atom stereocenters. The quantitative estimate of drug-likeness (QED) is 0.498. The molecule has 0 aromatic heterocycles. The smallest absolute Gasteiger partial charge is 0.266 e. The first-order valence-electron chi connectivity index (χ1n) is 8.29. The largest absolute Gasteiger partial charge is 0.504 e. The van der Waals surface area contributed by atoms with Crippen molar-refractivity contribution in [3.05, 3.63) is 52.0 Å². The number of hydrogen-bond donors (Lipinski definition) is 2. The number of ether oxygens (including phenoxy) is 2. The molecule has 0 radical (unpaired) electrons. The Kier molecular flexibility index (Phi) is 7.26. The van der Waals surface area contributed by atoms with Gasteiger partial charge in [-0.15, -0.1) is 0 Å². The van der Waals surface area contributed by atoms with Crippen molar-refractivity contribution < 1.29 is 19.4 Å². The van der Waals surface area contributed by atoms with Crippen molar-refractivity contribution >= 4 is 33.6 Å². The van der Waals surface area contributed by atoms with Gasteiger partial charge in [0.2, 0.25) is 0 Å². The molecule has 2 aromatic rings. The van der Waals surface area contributed by atoms with E-state index in [1.807, 2.05) is 13.0 Å². The molecule has 2 rings (SSSR count). The van der Waals surface area contributed by atoms with Gasteiger partial charge in [0, 0.05) is 10.2 Å². The molecule has 0 saturated carbocycles. The molecule has 0 heterocycles. The zero-order chi connectivity index (χ0) is 19.8. The molecular formula is C20H19BrN2O4. The fourth-order valence-electron chi connectivity index (χ4n) is 2.24. The number of anilines is 1. The van der Waals surface area contributed by atoms with Gasteiger partial charge in [-0.25, -0.2) is 0 Å². The van der Waals surface area contributed by atoms with Crippen molar-refractivity contribution in [3.8, 4) is 23.3 Å². The average Bonchev–Trinajstić information content (AvgIpc) is 2.65. The molecule has 27 heavy (non-hydrogen) atoms. The van der Waals surface area contributed by atoms with E-state index in [-0.39, 0.29) is 17.1 Å². The maximum Gasteiger partial charge on any atom is 0.266 e. The summed E-state index contributed by atoms with van der Waals surface area (Å²) < 4.78 is 11.2. The van der Waals surface area contributed by atoms with E-state index in [0.29, 0.717) is 34.7 Å². The number of nitrogens with zero attached hydrogens (tertiary/aromatic N) is 1. The lowest BCUT2D eigenvalue weighted by Gasteiger charge is -2.09. The van der Waals surface area contributed by atoms with Crippen LogP contribution in [0.1, 0.15) is 19.4 Å². The Balaban J connectivity index is 2.23. The van der Waals surface area contributed by atoms with Crippen molar-refractivity contribution in [2.75, 3.05) is 18.5 Å². The zero-order valence-corrected chi connectivity index (χ0v) is 16.5. The lowest BCUT2D eigenvalue weighted by atomic mass is 10.1. The first kappa shape index (κ1) is 20.3. The van der Waals surface area contributed by atoms with Crippen LogP contribution in [0.15, 0.2) is 46.4 Å². The number of carbonyl (C=O) groups is 1. The second-order valence-electron chi connectivity index (χ2n) is 5.36. The highest BCUT2D eigenvalue weighted by Gasteiger charge is 2.13. The van der Waals surface area contributed by atoms with E-state index in [2.05, 4.69) is 21.2 Å². The van der Waals surface area contributed by atoms with E-state index in [4.69, 9.17) is 9.47 Å². The summed E-state index contributed by atoms with van der Waals surface area (Å²) in [6.07, 6.45) is 1.43. The summed E-state index contributed by atoms with van der Waals surface area (Å²) in [4.78, 5) is 12.4. The van der Waals surface area contributed by atoms with E-state index in [9.17, 15) is 15.2 Å². The van der Waals surface area contributed by atoms with Gasteiger partial charge in [-0.3, -0.25) is 4.79 Å². The number of phenolic OH excluding ortho intramolecular Hbond substituents is 1. The number of rotatable bonds is 7. The number of nitrogens with one attached hydrogen (secondary N) is 1. The lowest BCUT2D eigenvalue weighted by molar-refractivity contribution is -0.112. The number of benzene rings is 2. The van der Waals surface area contributed by atoms with E-state index >= 15 is 0 Å². The predicted molar refractivity (Wildman–Crippen MR) is 107 cm³/mol. The molecule has 0 atom stereocenters. The van der Waals surface area contributed by atoms with Crippen LogP contribution in [0.4, 0.5) is 5.69 Å². The Bertz CT molecular complexity index is 886. The standard InChI is InChI=1S/C20H19BrN2O4/c1-3-26-16-7-5-15(6-8-16)23-20(25)14(12-22)9-13-10-19(27-4-2)18(24)11-17(13)21/h5-11,24H,3-4H2,1-2H3,(H,23,25). The fourth-order valence-corrected chi connectivity index (χ4v) is 2.69. The third-order valence-electron chi connectivity index (χ3n) is 3.47. The minimum Gasteiger partial charge on any atom is -0.504 e. The normalized spacial score (nSPS) is 10.8. The summed E-state index contributed by atoms with van der Waals surface area (Å²) in [6, 6.07) is 11.8. The Morgan fingerprint density at radius 1 is 1.22 bits per heavy atom. The van der Waals surface area contributed by atoms with E-state index in [1.54, 1.807) is 37.3 Å². The van der Waals surface area contributed by atoms with Gasteiger partial charge in [-0.1, -0.05) is 15.9 Å². The van der Waals surface area contributed by atoms with Crippen molar-refractivity contribution in [3.63, 3.8) is 0 Å². The monoisotopic (exact) mass is 430 g/mol. The van der Waals surface area contributed by atoms with Crippen LogP contribution in [0.3, 0.4) is 0 Å². The molecule has 6 nitrogen and oxygen atoms in total. The van der Waals surface area contributed by atoms with Gasteiger partial charge >= 0.3 is 0 Å². The molecule has 0 aliphatic rings. The van der Waals surface area contributed by atoms with Crippen LogP contribution in [-0.4, -0.2) is 24.2 Å². The molecule has 0 spiro atoms. The van der Waals surface area contributed by atoms with Crippen LogP contribution in [0, 0.1) is 11.3 Å². The molecule has 0 fully saturated rings. The summed E-state index contributed by atoms with van der Waals surface area (Å²) >= 11 is 3.31. The summed E-state index contributed by atoms with van der Waals surface area (Å²) in [6.45, 7) is 4.61. The van der Waals surface area contributed by atoms with E-state index < -0.39 is 5.91 Å². The molecule has 0 saturated heterocycles. The maximum absolute atomic E-state index is 12.4. The SMILES string of the molecule is CCOc1ccc(NC(=O)C(C#N)=Cc2cc(OCC)c(O)cc2Br)cc1. The number of nitriles is 1. The van der Waals surface area contributed by atoms with Gasteiger partial charge in [0.05, 0.1) is 13.2 Å². The Hall–Kier alpha value is -2.98. The van der Waals surface area contributed by atoms with E-state index in [1.165, 1.54) is 12.1 Å². The summed E-state index contributed by atoms with van der Waals surface area (Å²) in [5.41, 5.74) is 0.997. The van der Waals surface area contributed by atoms with Crippen LogP contribution in [0.5, 0.6) is 17.2 Å². The third-order valence-corrected chi connectivity index (χ3v) is 4.15. The van der Waals surface area contributed by atoms with Gasteiger partial charge in [-0.05, 0) is 61.9 Å². The predicted octanol–water partition coefficient (Wildman–Crippen LogP) is 4.50. The van der Waals surface area contributed by atoms with Crippen molar-refractivity contribution in [1.29, 1.82) is 5.26 Å². The molecule has 2 N–H and O–H groups in total. The number of carbonyl (C=O) groups excluding carboxylic acids is 1. The maximum atomic E-state index is 12.4. The Labute approximate surface area is 166 Å². The Morgan fingerprint density at radius 3 is 2.48 bits per heavy atom. The number of hydrogen-bond acceptors (Lipinski definition) is 5. The second kappa shape index (κ2) is 9.64. The minimum atomic E-state index is -0.542. The lowest BCUT2D eigenvalue weighted by Crippen LogP contribution is -2.13. The van der Waals surface area contributed by atoms with Gasteiger partial charge < -0.3 is 19.9 Å². The molecule has 1 amide bonds. The Morgan fingerprint density at radius 2 is 1.89 bits per heavy atom. The molecule has 0 aliphatic carbocycles. The number of phenols is 1. The van der Waals surface area contributed by atoms with Crippen molar-refractivity contribution in [2.45, 2.75) is 13.8 Å². The second-order valence-corrected chi connectivity index (χ2v) is 6.21. The summed E-state index contributed by atoms with van der Waals surface area (Å²) in [7, 11) is 0. The molecule has 0 aliphatic heterocycles. The first-order valence-corrected chi connectivity index (χ1v) is 9.09. The van der Waals surface area contributed by atoms with Crippen LogP contribution < -0.4 is 14.8 Å². The number of aromatic hydroxyl groups is 1. The average molecular weight is 431 g/mol. The van der Waals surface area contributed by atoms with Gasteiger partial charge in [0.1, 0.15) is 17.4 Å². The topological polar surface area (TPSA) is 91.6 Å². The highest BCUT2D eigenvalue weighted by molar-refractivity contribution is 9.10. The minimum absolute atomic E-state index is 0.0294. The van der Waals surface area contributed by atoms with Crippen molar-refractivity contribution in [1.82, 2.24) is 0 Å². The fraction of sp³-hybridized carbons (Fsp3) is 0.200. The van der Waals surface area contributed by atoms with Crippen LogP contribution in [-0.2, 0) is 4.79 Å². The number of halogens is 1. The number of amides is 1. The molecule has 0 bridgehead atoms. The highest BCUT2D eigenvalue weighted by atomic mass is 79.9. The third kappa shape index (κ3) is 5.50. The summed E-state index contributed by atoms with van der Waals surface area (Å²) in [5.74, 6) is 0.400. The molecule has 2 aromatic carbocycles. The molecule has 140 valence electrons. The first-order chi connectivity index (χ1) is 13.0. The van der Waals surface area contributed by atoms with Gasteiger partial charge in [0.25, 0.3) is 5.91 Å². The molecular weight excluding hydrogens is 412 g/mol. The zero-order valence-electron chi connectivity index (χ0n) is 15.0. The summed E-state index contributed by atoms with van der Waals surface area (Å²) in [5, 5.41) is 21.9. The highest BCUT2D eigenvalue weighted by Crippen LogP contribution is 2.33. The van der Waals surface area contributed by atoms with Crippen LogP contribution >= 0.6 is 15.9 Å². The van der Waals surface area contributed by atoms with Crippen LogP contribution in [0.25, 0.3) is 6.08 Å². The van der Waals surface area contributed by atoms with Gasteiger partial charge in [0.15, 0.2) is 11.5 Å². The van der Waals surface area contributed by atoms with Crippen molar-refractivity contribution in [2.24, 2.45) is 0 Å². The van der Waals surface area contributed by atoms with E-state index in [0.717, 1.165) is 0 Å². The molecule has 7 heteroatoms. The van der Waals surface area contributed by atoms with Crippen LogP contribution in [0.2, 0.25) is 0 Å². The van der Waals surface area contributed by atoms with Gasteiger partial charge in [-0.2, -0.15) is 5.26 Å².